The second-order valence-electron chi connectivity index (χ2n) is 5.17. The highest BCUT2D eigenvalue weighted by Crippen LogP contribution is 2.32. The minimum atomic E-state index is 0.399. The Morgan fingerprint density at radius 1 is 0.880 bits per heavy atom. The second kappa shape index (κ2) is 7.39. The first kappa shape index (κ1) is 16.4. The summed E-state index contributed by atoms with van der Waals surface area (Å²) in [5.41, 5.74) is 8.20. The van der Waals surface area contributed by atoms with E-state index in [0.717, 1.165) is 17.1 Å². The standard InChI is InChI=1S/C18H19N5O2/c1-24-13-7-5-6-12(10-13)22-17-16(19)18(21-11-20-17)23-14-8-3-4-9-15(14)25-2/h3-11H,19H2,1-2H3,(H2,20,21,22,23). The Bertz CT molecular complexity index is 870. The number of hydrogen-bond acceptors (Lipinski definition) is 7. The molecule has 25 heavy (non-hydrogen) atoms. The van der Waals surface area contributed by atoms with Crippen molar-refractivity contribution in [1.82, 2.24) is 9.97 Å². The fourth-order valence-corrected chi connectivity index (χ4v) is 2.31. The van der Waals surface area contributed by atoms with Crippen molar-refractivity contribution in [1.29, 1.82) is 0 Å². The number of nitrogens with two attached hydrogens (primary N) is 1. The van der Waals surface area contributed by atoms with E-state index in [0.29, 0.717) is 23.1 Å². The molecule has 4 N–H and O–H groups in total. The molecule has 0 amide bonds. The molecule has 128 valence electrons. The molecule has 7 nitrogen and oxygen atoms in total. The molecule has 0 aliphatic rings. The first-order chi connectivity index (χ1) is 12.2. The van der Waals surface area contributed by atoms with Gasteiger partial charge in [0.1, 0.15) is 23.5 Å². The van der Waals surface area contributed by atoms with E-state index in [-0.39, 0.29) is 0 Å². The fraction of sp³-hybridized carbons (Fsp3) is 0.111. The van der Waals surface area contributed by atoms with Crippen LogP contribution in [0.3, 0.4) is 0 Å². The summed E-state index contributed by atoms with van der Waals surface area (Å²) in [7, 11) is 3.23. The minimum Gasteiger partial charge on any atom is -0.497 e. The van der Waals surface area contributed by atoms with Gasteiger partial charge in [-0.3, -0.25) is 0 Å². The van der Waals surface area contributed by atoms with Crippen molar-refractivity contribution < 1.29 is 9.47 Å². The van der Waals surface area contributed by atoms with Crippen molar-refractivity contribution in [2.45, 2.75) is 0 Å². The van der Waals surface area contributed by atoms with Crippen LogP contribution in [0.15, 0.2) is 54.9 Å². The molecular formula is C18H19N5O2. The lowest BCUT2D eigenvalue weighted by Crippen LogP contribution is -2.05. The molecule has 0 saturated heterocycles. The van der Waals surface area contributed by atoms with Crippen molar-refractivity contribution in [3.05, 3.63) is 54.9 Å². The van der Waals surface area contributed by atoms with E-state index in [1.807, 2.05) is 48.5 Å². The van der Waals surface area contributed by atoms with E-state index in [1.54, 1.807) is 14.2 Å². The van der Waals surface area contributed by atoms with Gasteiger partial charge in [-0.1, -0.05) is 18.2 Å². The third kappa shape index (κ3) is 3.72. The number of nitrogens with one attached hydrogen (secondary N) is 2. The highest BCUT2D eigenvalue weighted by Gasteiger charge is 2.11. The van der Waals surface area contributed by atoms with Gasteiger partial charge in [-0.25, -0.2) is 9.97 Å². The topological polar surface area (TPSA) is 94.3 Å². The number of aromatic nitrogens is 2. The maximum atomic E-state index is 6.22. The average molecular weight is 337 g/mol. The number of anilines is 5. The van der Waals surface area contributed by atoms with Gasteiger partial charge >= 0.3 is 0 Å². The summed E-state index contributed by atoms with van der Waals surface area (Å²) in [6.45, 7) is 0. The Labute approximate surface area is 145 Å². The lowest BCUT2D eigenvalue weighted by molar-refractivity contribution is 0.415. The number of nitrogens with zero attached hydrogens (tertiary/aromatic N) is 2. The van der Waals surface area contributed by atoms with Crippen LogP contribution in [0.25, 0.3) is 0 Å². The van der Waals surface area contributed by atoms with Crippen LogP contribution < -0.4 is 25.8 Å². The first-order valence-electron chi connectivity index (χ1n) is 7.63. The van der Waals surface area contributed by atoms with Crippen LogP contribution >= 0.6 is 0 Å². The Kier molecular flexibility index (Phi) is 4.84. The molecule has 1 aromatic heterocycles. The van der Waals surface area contributed by atoms with Gasteiger partial charge in [0.05, 0.1) is 19.9 Å². The van der Waals surface area contributed by atoms with Gasteiger partial charge in [-0.15, -0.1) is 0 Å². The molecule has 3 aromatic rings. The van der Waals surface area contributed by atoms with Crippen LogP contribution in [0.4, 0.5) is 28.7 Å². The van der Waals surface area contributed by atoms with Gasteiger partial charge in [-0.05, 0) is 24.3 Å². The molecule has 0 unspecified atom stereocenters. The number of hydrogen-bond donors (Lipinski definition) is 3. The van der Waals surface area contributed by atoms with Crippen LogP contribution in [-0.2, 0) is 0 Å². The highest BCUT2D eigenvalue weighted by atomic mass is 16.5. The van der Waals surface area contributed by atoms with E-state index in [2.05, 4.69) is 20.6 Å². The van der Waals surface area contributed by atoms with Crippen molar-refractivity contribution in [2.75, 3.05) is 30.6 Å². The zero-order chi connectivity index (χ0) is 17.6. The van der Waals surface area contributed by atoms with Gasteiger partial charge < -0.3 is 25.8 Å². The van der Waals surface area contributed by atoms with Crippen LogP contribution in [-0.4, -0.2) is 24.2 Å². The van der Waals surface area contributed by atoms with E-state index in [1.165, 1.54) is 6.33 Å². The number of para-hydroxylation sites is 2. The molecule has 3 rings (SSSR count). The molecule has 0 spiro atoms. The predicted octanol–water partition coefficient (Wildman–Crippen LogP) is 3.56. The molecule has 0 aliphatic heterocycles. The van der Waals surface area contributed by atoms with E-state index >= 15 is 0 Å². The second-order valence-corrected chi connectivity index (χ2v) is 5.17. The van der Waals surface area contributed by atoms with Crippen LogP contribution in [0.5, 0.6) is 11.5 Å². The van der Waals surface area contributed by atoms with E-state index < -0.39 is 0 Å². The maximum Gasteiger partial charge on any atom is 0.159 e. The molecule has 1 heterocycles. The fourth-order valence-electron chi connectivity index (χ4n) is 2.31. The van der Waals surface area contributed by atoms with Crippen molar-refractivity contribution >= 4 is 28.7 Å². The number of methoxy groups -OCH3 is 2. The van der Waals surface area contributed by atoms with Crippen molar-refractivity contribution in [3.8, 4) is 11.5 Å². The summed E-state index contributed by atoms with van der Waals surface area (Å²) in [6.07, 6.45) is 1.44. The Balaban J connectivity index is 1.87. The van der Waals surface area contributed by atoms with Crippen LogP contribution in [0.1, 0.15) is 0 Å². The number of benzene rings is 2. The van der Waals surface area contributed by atoms with E-state index in [9.17, 15) is 0 Å². The average Bonchev–Trinajstić information content (AvgIpc) is 2.65. The van der Waals surface area contributed by atoms with Gasteiger partial charge in [0.15, 0.2) is 11.6 Å². The maximum absolute atomic E-state index is 6.22. The van der Waals surface area contributed by atoms with Crippen molar-refractivity contribution in [3.63, 3.8) is 0 Å². The molecule has 0 atom stereocenters. The normalized spacial score (nSPS) is 10.2. The zero-order valence-electron chi connectivity index (χ0n) is 14.0. The van der Waals surface area contributed by atoms with Crippen molar-refractivity contribution in [2.24, 2.45) is 0 Å². The van der Waals surface area contributed by atoms with Gasteiger partial charge in [-0.2, -0.15) is 0 Å². The SMILES string of the molecule is COc1cccc(Nc2ncnc(Nc3ccccc3OC)c2N)c1. The predicted molar refractivity (Wildman–Crippen MR) is 99.0 cm³/mol. The number of nitrogen functional groups attached to an aromatic ring is 1. The van der Waals surface area contributed by atoms with E-state index in [4.69, 9.17) is 15.2 Å². The molecule has 0 fully saturated rings. The molecule has 0 aliphatic carbocycles. The first-order valence-corrected chi connectivity index (χ1v) is 7.63. The zero-order valence-corrected chi connectivity index (χ0v) is 14.0. The third-order valence-electron chi connectivity index (χ3n) is 3.58. The summed E-state index contributed by atoms with van der Waals surface area (Å²) >= 11 is 0. The Hall–Kier alpha value is -3.48. The molecule has 0 radical (unpaired) electrons. The van der Waals surface area contributed by atoms with Gasteiger partial charge in [0.25, 0.3) is 0 Å². The number of rotatable bonds is 6. The summed E-state index contributed by atoms with van der Waals surface area (Å²) in [6, 6.07) is 15.0. The lowest BCUT2D eigenvalue weighted by atomic mass is 10.2. The lowest BCUT2D eigenvalue weighted by Gasteiger charge is -2.14. The molecule has 0 saturated carbocycles. The Morgan fingerprint density at radius 3 is 2.40 bits per heavy atom. The van der Waals surface area contributed by atoms with Crippen LogP contribution in [0.2, 0.25) is 0 Å². The van der Waals surface area contributed by atoms with Crippen LogP contribution in [0, 0.1) is 0 Å². The third-order valence-corrected chi connectivity index (χ3v) is 3.58. The Morgan fingerprint density at radius 2 is 1.64 bits per heavy atom. The van der Waals surface area contributed by atoms with Gasteiger partial charge in [0.2, 0.25) is 0 Å². The summed E-state index contributed by atoms with van der Waals surface area (Å²) in [5.74, 6) is 2.43. The minimum absolute atomic E-state index is 0.399. The summed E-state index contributed by atoms with van der Waals surface area (Å²) in [5, 5.41) is 6.35. The smallest absolute Gasteiger partial charge is 0.159 e. The highest BCUT2D eigenvalue weighted by molar-refractivity contribution is 5.81. The number of ether oxygens (including phenoxy) is 2. The summed E-state index contributed by atoms with van der Waals surface area (Å²) < 4.78 is 10.6. The quantitative estimate of drug-likeness (QED) is 0.633. The monoisotopic (exact) mass is 337 g/mol. The largest absolute Gasteiger partial charge is 0.497 e. The molecular weight excluding hydrogens is 318 g/mol. The van der Waals surface area contributed by atoms with Gasteiger partial charge in [0, 0.05) is 11.8 Å². The summed E-state index contributed by atoms with van der Waals surface area (Å²) in [4.78, 5) is 8.43. The molecule has 0 bridgehead atoms. The molecule has 2 aromatic carbocycles. The molecule has 7 heteroatoms.